The Morgan fingerprint density at radius 3 is 2.45 bits per heavy atom. The third kappa shape index (κ3) is 7.96. The summed E-state index contributed by atoms with van der Waals surface area (Å²) in [5, 5.41) is 6.70. The quantitative estimate of drug-likeness (QED) is 0.258. The van der Waals surface area contributed by atoms with Crippen LogP contribution in [0.25, 0.3) is 0 Å². The first-order chi connectivity index (χ1) is 9.99. The average molecular weight is 446 g/mol. The molecule has 1 fully saturated rings. The molecule has 1 aliphatic carbocycles. The van der Waals surface area contributed by atoms with Crippen molar-refractivity contribution >= 4 is 40.0 Å². The first-order valence-electron chi connectivity index (χ1n) is 7.98. The van der Waals surface area contributed by atoms with Gasteiger partial charge in [0.05, 0.1) is 5.75 Å². The van der Waals surface area contributed by atoms with E-state index in [4.69, 9.17) is 0 Å². The van der Waals surface area contributed by atoms with Crippen LogP contribution < -0.4 is 10.6 Å². The summed E-state index contributed by atoms with van der Waals surface area (Å²) in [6.07, 6.45) is 5.73. The summed E-state index contributed by atoms with van der Waals surface area (Å²) in [5.74, 6) is 1.00. The average Bonchev–Trinajstić information content (AvgIpc) is 2.96. The lowest BCUT2D eigenvalue weighted by Gasteiger charge is -2.17. The van der Waals surface area contributed by atoms with Crippen LogP contribution in [-0.2, 0) is 10.0 Å². The molecule has 0 radical (unpaired) electrons. The van der Waals surface area contributed by atoms with Gasteiger partial charge in [0, 0.05) is 32.7 Å². The molecule has 0 aromatic carbocycles. The van der Waals surface area contributed by atoms with E-state index in [2.05, 4.69) is 15.6 Å². The zero-order valence-corrected chi connectivity index (χ0v) is 17.1. The second kappa shape index (κ2) is 11.4. The van der Waals surface area contributed by atoms with E-state index in [1.54, 1.807) is 14.0 Å². The van der Waals surface area contributed by atoms with Crippen LogP contribution in [0.2, 0.25) is 0 Å². The minimum absolute atomic E-state index is 0. The van der Waals surface area contributed by atoms with Gasteiger partial charge in [-0.25, -0.2) is 12.7 Å². The Balaban J connectivity index is 0.00000441. The normalized spacial score (nSPS) is 16.6. The molecule has 1 saturated carbocycles. The second-order valence-electron chi connectivity index (χ2n) is 5.46. The predicted octanol–water partition coefficient (Wildman–Crippen LogP) is 1.77. The fourth-order valence-corrected chi connectivity index (χ4v) is 3.28. The zero-order valence-electron chi connectivity index (χ0n) is 14.0. The van der Waals surface area contributed by atoms with Crippen molar-refractivity contribution in [3.05, 3.63) is 0 Å². The number of hydrogen-bond donors (Lipinski definition) is 2. The third-order valence-corrected chi connectivity index (χ3v) is 5.64. The van der Waals surface area contributed by atoms with Crippen LogP contribution in [-0.4, -0.2) is 57.2 Å². The number of sulfonamides is 1. The molecule has 8 heteroatoms. The molecule has 0 aliphatic heterocycles. The molecule has 0 amide bonds. The van der Waals surface area contributed by atoms with Crippen molar-refractivity contribution in [2.45, 2.75) is 52.0 Å². The standard InChI is InChI=1S/C14H30N4O2S.HI/c1-4-15-14(17-13-9-6-7-10-13)16-11-8-12-18(3)21(19,20)5-2;/h13H,4-12H2,1-3H3,(H2,15,16,17);1H. The van der Waals surface area contributed by atoms with Crippen LogP contribution >= 0.6 is 24.0 Å². The third-order valence-electron chi connectivity index (χ3n) is 3.78. The molecular weight excluding hydrogens is 415 g/mol. The van der Waals surface area contributed by atoms with E-state index < -0.39 is 10.0 Å². The molecular formula is C14H31IN4O2S. The molecule has 0 spiro atoms. The minimum Gasteiger partial charge on any atom is -0.357 e. The molecule has 0 aromatic heterocycles. The monoisotopic (exact) mass is 446 g/mol. The lowest BCUT2D eigenvalue weighted by atomic mass is 10.2. The maximum absolute atomic E-state index is 11.6. The highest BCUT2D eigenvalue weighted by Crippen LogP contribution is 2.17. The summed E-state index contributed by atoms with van der Waals surface area (Å²) in [7, 11) is -1.44. The van der Waals surface area contributed by atoms with Gasteiger partial charge in [0.2, 0.25) is 10.0 Å². The summed E-state index contributed by atoms with van der Waals surface area (Å²) in [5.41, 5.74) is 0. The number of nitrogens with one attached hydrogen (secondary N) is 2. The molecule has 22 heavy (non-hydrogen) atoms. The SMILES string of the molecule is CCNC(=NCCCN(C)S(=O)(=O)CC)NC1CCCC1.I. The summed E-state index contributed by atoms with van der Waals surface area (Å²) < 4.78 is 24.7. The van der Waals surface area contributed by atoms with Gasteiger partial charge < -0.3 is 10.6 Å². The molecule has 0 bridgehead atoms. The lowest BCUT2D eigenvalue weighted by Crippen LogP contribution is -2.42. The highest BCUT2D eigenvalue weighted by atomic mass is 127. The molecule has 0 heterocycles. The van der Waals surface area contributed by atoms with Crippen LogP contribution in [0.1, 0.15) is 46.0 Å². The highest BCUT2D eigenvalue weighted by molar-refractivity contribution is 14.0. The van der Waals surface area contributed by atoms with Gasteiger partial charge >= 0.3 is 0 Å². The Kier molecular flexibility index (Phi) is 11.4. The second-order valence-corrected chi connectivity index (χ2v) is 7.83. The van der Waals surface area contributed by atoms with E-state index in [0.717, 1.165) is 18.9 Å². The van der Waals surface area contributed by atoms with Crippen LogP contribution in [0, 0.1) is 0 Å². The van der Waals surface area contributed by atoms with Gasteiger partial charge in [0.25, 0.3) is 0 Å². The van der Waals surface area contributed by atoms with Gasteiger partial charge in [-0.05, 0) is 33.1 Å². The molecule has 0 atom stereocenters. The fourth-order valence-electron chi connectivity index (χ4n) is 2.43. The van der Waals surface area contributed by atoms with Gasteiger partial charge in [-0.15, -0.1) is 24.0 Å². The molecule has 132 valence electrons. The Morgan fingerprint density at radius 2 is 1.91 bits per heavy atom. The predicted molar refractivity (Wildman–Crippen MR) is 103 cm³/mol. The van der Waals surface area contributed by atoms with Crippen LogP contribution in [0.4, 0.5) is 0 Å². The number of aliphatic imine (C=N–C) groups is 1. The largest absolute Gasteiger partial charge is 0.357 e. The Hall–Kier alpha value is -0.0900. The van der Waals surface area contributed by atoms with Gasteiger partial charge in [0.15, 0.2) is 5.96 Å². The van der Waals surface area contributed by atoms with Crippen LogP contribution in [0.3, 0.4) is 0 Å². The molecule has 6 nitrogen and oxygen atoms in total. The Morgan fingerprint density at radius 1 is 1.27 bits per heavy atom. The molecule has 2 N–H and O–H groups in total. The van der Waals surface area contributed by atoms with Gasteiger partial charge in [-0.2, -0.15) is 0 Å². The fraction of sp³-hybridized carbons (Fsp3) is 0.929. The highest BCUT2D eigenvalue weighted by Gasteiger charge is 2.16. The zero-order chi connectivity index (χ0) is 15.7. The minimum atomic E-state index is -3.07. The summed E-state index contributed by atoms with van der Waals surface area (Å²) in [6.45, 7) is 5.70. The Bertz CT molecular complexity index is 423. The molecule has 0 unspecified atom stereocenters. The van der Waals surface area contributed by atoms with E-state index in [1.807, 2.05) is 6.92 Å². The lowest BCUT2D eigenvalue weighted by molar-refractivity contribution is 0.464. The van der Waals surface area contributed by atoms with E-state index in [0.29, 0.717) is 19.1 Å². The number of hydrogen-bond acceptors (Lipinski definition) is 3. The summed E-state index contributed by atoms with van der Waals surface area (Å²) in [4.78, 5) is 4.53. The van der Waals surface area contributed by atoms with Crippen LogP contribution in [0.15, 0.2) is 4.99 Å². The molecule has 0 aromatic rings. The Labute approximate surface area is 152 Å². The van der Waals surface area contributed by atoms with Crippen molar-refractivity contribution in [3.63, 3.8) is 0 Å². The van der Waals surface area contributed by atoms with Gasteiger partial charge in [0.1, 0.15) is 0 Å². The summed E-state index contributed by atoms with van der Waals surface area (Å²) in [6, 6.07) is 0.533. The van der Waals surface area contributed by atoms with Gasteiger partial charge in [-0.1, -0.05) is 12.8 Å². The number of guanidine groups is 1. The maximum atomic E-state index is 11.6. The smallest absolute Gasteiger partial charge is 0.213 e. The first kappa shape index (κ1) is 21.9. The van der Waals surface area contributed by atoms with E-state index in [1.165, 1.54) is 30.0 Å². The van der Waals surface area contributed by atoms with Crippen molar-refractivity contribution in [2.75, 3.05) is 32.4 Å². The van der Waals surface area contributed by atoms with E-state index >= 15 is 0 Å². The van der Waals surface area contributed by atoms with Gasteiger partial charge in [-0.3, -0.25) is 4.99 Å². The number of rotatable bonds is 8. The first-order valence-corrected chi connectivity index (χ1v) is 9.59. The molecule has 1 rings (SSSR count). The van der Waals surface area contributed by atoms with Crippen molar-refractivity contribution in [3.8, 4) is 0 Å². The van der Waals surface area contributed by atoms with Crippen molar-refractivity contribution in [2.24, 2.45) is 4.99 Å². The van der Waals surface area contributed by atoms with Crippen LogP contribution in [0.5, 0.6) is 0 Å². The van der Waals surface area contributed by atoms with E-state index in [-0.39, 0.29) is 29.7 Å². The van der Waals surface area contributed by atoms with Crippen molar-refractivity contribution in [1.82, 2.24) is 14.9 Å². The van der Waals surface area contributed by atoms with Crippen molar-refractivity contribution in [1.29, 1.82) is 0 Å². The summed E-state index contributed by atoms with van der Waals surface area (Å²) >= 11 is 0. The van der Waals surface area contributed by atoms with E-state index in [9.17, 15) is 8.42 Å². The maximum Gasteiger partial charge on any atom is 0.213 e. The molecule has 1 aliphatic rings. The number of nitrogens with zero attached hydrogens (tertiary/aromatic N) is 2. The van der Waals surface area contributed by atoms with Crippen molar-refractivity contribution < 1.29 is 8.42 Å². The molecule has 0 saturated heterocycles. The topological polar surface area (TPSA) is 73.8 Å². The number of halogens is 1.